The Hall–Kier alpha value is -2.21. The minimum atomic E-state index is -0.240. The quantitative estimate of drug-likeness (QED) is 0.928. The molecular weight excluding hydrogens is 322 g/mol. The van der Waals surface area contributed by atoms with Crippen molar-refractivity contribution in [2.75, 3.05) is 7.05 Å². The lowest BCUT2D eigenvalue weighted by molar-refractivity contribution is -0.141. The Labute approximate surface area is 145 Å². The number of rotatable bonds is 4. The van der Waals surface area contributed by atoms with Crippen LogP contribution in [0, 0.1) is 12.8 Å². The number of hydrogen-bond acceptors (Lipinski definition) is 4. The van der Waals surface area contributed by atoms with Crippen LogP contribution in [0.4, 0.5) is 0 Å². The number of carbonyl (C=O) groups excluding carboxylic acids is 2. The average molecular weight is 343 g/mol. The number of amides is 2. The van der Waals surface area contributed by atoms with Crippen LogP contribution in [0.15, 0.2) is 36.5 Å². The smallest absolute Gasteiger partial charge is 0.225 e. The topological polar surface area (TPSA) is 62.3 Å². The van der Waals surface area contributed by atoms with E-state index in [-0.39, 0.29) is 23.8 Å². The average Bonchev–Trinajstić information content (AvgIpc) is 3.01. The van der Waals surface area contributed by atoms with Crippen LogP contribution in [0.5, 0.6) is 0 Å². The molecule has 6 heteroatoms. The van der Waals surface area contributed by atoms with Crippen LogP contribution in [0.3, 0.4) is 0 Å². The van der Waals surface area contributed by atoms with Gasteiger partial charge < -0.3 is 10.2 Å². The number of hydrogen-bond donors (Lipinski definition) is 1. The van der Waals surface area contributed by atoms with E-state index >= 15 is 0 Å². The molecule has 0 unspecified atom stereocenters. The van der Waals surface area contributed by atoms with Gasteiger partial charge in [-0.3, -0.25) is 9.59 Å². The predicted molar refractivity (Wildman–Crippen MR) is 93.4 cm³/mol. The van der Waals surface area contributed by atoms with Crippen molar-refractivity contribution in [2.24, 2.45) is 5.92 Å². The Kier molecular flexibility index (Phi) is 4.94. The summed E-state index contributed by atoms with van der Waals surface area (Å²) in [7, 11) is 1.78. The Morgan fingerprint density at radius 2 is 2.12 bits per heavy atom. The fourth-order valence-corrected chi connectivity index (χ4v) is 3.92. The molecule has 5 nitrogen and oxygen atoms in total. The number of aromatic nitrogens is 1. The largest absolute Gasteiger partial charge is 0.349 e. The van der Waals surface area contributed by atoms with Gasteiger partial charge in [0.25, 0.3) is 0 Å². The number of likely N-dealkylation sites (tertiary alicyclic amines) is 1. The first-order valence-electron chi connectivity index (χ1n) is 8.06. The molecule has 2 amide bonds. The van der Waals surface area contributed by atoms with Gasteiger partial charge in [-0.2, -0.15) is 0 Å². The van der Waals surface area contributed by atoms with Gasteiger partial charge in [-0.15, -0.1) is 11.3 Å². The van der Waals surface area contributed by atoms with Crippen LogP contribution in [-0.2, 0) is 16.1 Å². The molecule has 1 aromatic heterocycles. The van der Waals surface area contributed by atoms with Crippen LogP contribution in [-0.4, -0.2) is 28.7 Å². The zero-order valence-electron chi connectivity index (χ0n) is 13.9. The Balaban J connectivity index is 1.76. The van der Waals surface area contributed by atoms with Crippen LogP contribution < -0.4 is 5.32 Å². The van der Waals surface area contributed by atoms with Crippen molar-refractivity contribution in [2.45, 2.75) is 32.4 Å². The fourth-order valence-electron chi connectivity index (χ4n) is 3.20. The van der Waals surface area contributed by atoms with E-state index in [1.807, 2.05) is 43.5 Å². The van der Waals surface area contributed by atoms with E-state index in [1.54, 1.807) is 23.3 Å². The molecule has 0 saturated carbocycles. The number of nitrogens with zero attached hydrogens (tertiary/aromatic N) is 2. The molecule has 0 spiro atoms. The molecule has 2 aromatic rings. The van der Waals surface area contributed by atoms with Gasteiger partial charge in [-0.05, 0) is 18.9 Å². The zero-order chi connectivity index (χ0) is 17.1. The van der Waals surface area contributed by atoms with Crippen molar-refractivity contribution in [3.63, 3.8) is 0 Å². The first kappa shape index (κ1) is 16.6. The lowest BCUT2D eigenvalue weighted by Gasteiger charge is -2.38. The van der Waals surface area contributed by atoms with E-state index in [2.05, 4.69) is 10.3 Å². The summed E-state index contributed by atoms with van der Waals surface area (Å²) >= 11 is 1.58. The van der Waals surface area contributed by atoms with Gasteiger partial charge in [0, 0.05) is 24.5 Å². The van der Waals surface area contributed by atoms with Crippen LogP contribution in [0.25, 0.3) is 0 Å². The van der Waals surface area contributed by atoms with Crippen molar-refractivity contribution in [1.29, 1.82) is 0 Å². The summed E-state index contributed by atoms with van der Waals surface area (Å²) in [6, 6.07) is 9.55. The summed E-state index contributed by atoms with van der Waals surface area (Å²) < 4.78 is 0. The highest BCUT2D eigenvalue weighted by Gasteiger charge is 2.38. The third-order valence-corrected chi connectivity index (χ3v) is 5.33. The molecule has 0 radical (unpaired) electrons. The van der Waals surface area contributed by atoms with Gasteiger partial charge in [0.05, 0.1) is 18.5 Å². The predicted octanol–water partition coefficient (Wildman–Crippen LogP) is 2.68. The van der Waals surface area contributed by atoms with E-state index in [0.717, 1.165) is 15.4 Å². The summed E-state index contributed by atoms with van der Waals surface area (Å²) in [5.41, 5.74) is 0.998. The summed E-state index contributed by atoms with van der Waals surface area (Å²) in [5.74, 6) is -0.171. The number of piperidine rings is 1. The number of thiazole rings is 1. The van der Waals surface area contributed by atoms with Gasteiger partial charge >= 0.3 is 0 Å². The summed E-state index contributed by atoms with van der Waals surface area (Å²) in [4.78, 5) is 32.0. The molecule has 1 saturated heterocycles. The lowest BCUT2D eigenvalue weighted by Crippen LogP contribution is -2.46. The molecule has 24 heavy (non-hydrogen) atoms. The van der Waals surface area contributed by atoms with Gasteiger partial charge in [0.15, 0.2) is 0 Å². The fraction of sp³-hybridized carbons (Fsp3) is 0.389. The van der Waals surface area contributed by atoms with Crippen molar-refractivity contribution < 1.29 is 9.59 Å². The highest BCUT2D eigenvalue weighted by Crippen LogP contribution is 2.35. The molecule has 1 aromatic carbocycles. The zero-order valence-corrected chi connectivity index (χ0v) is 14.7. The maximum atomic E-state index is 12.7. The third kappa shape index (κ3) is 3.48. The first-order chi connectivity index (χ1) is 11.6. The maximum absolute atomic E-state index is 12.7. The van der Waals surface area contributed by atoms with E-state index in [4.69, 9.17) is 0 Å². The molecule has 126 valence electrons. The van der Waals surface area contributed by atoms with Crippen molar-refractivity contribution in [3.05, 3.63) is 52.0 Å². The molecule has 3 rings (SSSR count). The summed E-state index contributed by atoms with van der Waals surface area (Å²) in [6.07, 6.45) is 2.80. The normalized spacial score (nSPS) is 20.9. The molecule has 1 aliphatic rings. The minimum Gasteiger partial charge on any atom is -0.349 e. The third-order valence-electron chi connectivity index (χ3n) is 4.42. The van der Waals surface area contributed by atoms with Crippen molar-refractivity contribution in [3.8, 4) is 0 Å². The highest BCUT2D eigenvalue weighted by molar-refractivity contribution is 7.11. The maximum Gasteiger partial charge on any atom is 0.225 e. The molecular formula is C18H21N3O2S. The Bertz CT molecular complexity index is 729. The lowest BCUT2D eigenvalue weighted by atomic mass is 9.84. The standard InChI is InChI=1S/C18H21N3O2S/c1-12-10-19-15(24-12)11-20-18(23)14-8-9-16(22)21(2)17(14)13-6-4-3-5-7-13/h3-7,10,14,17H,8-9,11H2,1-2H3,(H,20,23)/t14-,17-/m1/s1. The van der Waals surface area contributed by atoms with E-state index in [0.29, 0.717) is 19.4 Å². The van der Waals surface area contributed by atoms with Gasteiger partial charge in [-0.25, -0.2) is 4.98 Å². The van der Waals surface area contributed by atoms with Crippen LogP contribution in [0.2, 0.25) is 0 Å². The Morgan fingerprint density at radius 3 is 2.79 bits per heavy atom. The highest BCUT2D eigenvalue weighted by atomic mass is 32.1. The molecule has 0 aliphatic carbocycles. The van der Waals surface area contributed by atoms with Crippen LogP contribution >= 0.6 is 11.3 Å². The first-order valence-corrected chi connectivity index (χ1v) is 8.87. The summed E-state index contributed by atoms with van der Waals surface area (Å²) in [5, 5.41) is 3.89. The van der Waals surface area contributed by atoms with Gasteiger partial charge in [-0.1, -0.05) is 30.3 Å². The number of aryl methyl sites for hydroxylation is 1. The number of nitrogens with one attached hydrogen (secondary N) is 1. The van der Waals surface area contributed by atoms with E-state index in [1.165, 1.54) is 0 Å². The minimum absolute atomic E-state index is 0.0175. The molecule has 1 aliphatic heterocycles. The van der Waals surface area contributed by atoms with Crippen molar-refractivity contribution >= 4 is 23.2 Å². The van der Waals surface area contributed by atoms with Crippen LogP contribution in [0.1, 0.15) is 34.3 Å². The second kappa shape index (κ2) is 7.13. The van der Waals surface area contributed by atoms with E-state index < -0.39 is 0 Å². The van der Waals surface area contributed by atoms with Crippen molar-refractivity contribution in [1.82, 2.24) is 15.2 Å². The number of benzene rings is 1. The molecule has 2 heterocycles. The van der Waals surface area contributed by atoms with Gasteiger partial charge in [0.1, 0.15) is 5.01 Å². The molecule has 0 bridgehead atoms. The Morgan fingerprint density at radius 1 is 1.38 bits per heavy atom. The molecule has 2 atom stereocenters. The monoisotopic (exact) mass is 343 g/mol. The number of carbonyl (C=O) groups is 2. The second-order valence-electron chi connectivity index (χ2n) is 6.09. The van der Waals surface area contributed by atoms with Gasteiger partial charge in [0.2, 0.25) is 11.8 Å². The second-order valence-corrected chi connectivity index (χ2v) is 7.41. The SMILES string of the molecule is Cc1cnc(CNC(=O)[C@@H]2CCC(=O)N(C)[C@@H]2c2ccccc2)s1. The summed E-state index contributed by atoms with van der Waals surface area (Å²) in [6.45, 7) is 2.43. The molecule has 1 fully saturated rings. The van der Waals surface area contributed by atoms with E-state index in [9.17, 15) is 9.59 Å². The molecule has 1 N–H and O–H groups in total.